The highest BCUT2D eigenvalue weighted by atomic mass is 19.1. The first kappa shape index (κ1) is 16.5. The van der Waals surface area contributed by atoms with E-state index >= 15 is 0 Å². The van der Waals surface area contributed by atoms with E-state index in [1.165, 1.54) is 32.6 Å². The van der Waals surface area contributed by atoms with Crippen molar-refractivity contribution in [1.82, 2.24) is 0 Å². The Labute approximate surface area is 132 Å². The van der Waals surface area contributed by atoms with E-state index in [-0.39, 0.29) is 11.5 Å². The highest BCUT2D eigenvalue weighted by Gasteiger charge is 2.08. The summed E-state index contributed by atoms with van der Waals surface area (Å²) in [6.07, 6.45) is 2.53. The lowest BCUT2D eigenvalue weighted by molar-refractivity contribution is 0.104. The zero-order chi connectivity index (χ0) is 16.8. The minimum Gasteiger partial charge on any atom is -0.493 e. The first-order valence-electron chi connectivity index (χ1n) is 6.69. The topological polar surface area (TPSA) is 47.6 Å². The zero-order valence-electron chi connectivity index (χ0n) is 12.6. The van der Waals surface area contributed by atoms with Gasteiger partial charge in [-0.15, -0.1) is 0 Å². The van der Waals surface area contributed by atoms with E-state index in [1.807, 2.05) is 0 Å². The molecule has 0 aliphatic rings. The largest absolute Gasteiger partial charge is 0.493 e. The summed E-state index contributed by atoms with van der Waals surface area (Å²) in [4.78, 5) is 12.1. The van der Waals surface area contributed by atoms with Crippen molar-refractivity contribution in [2.45, 2.75) is 0 Å². The molecule has 0 amide bonds. The van der Waals surface area contributed by atoms with Gasteiger partial charge in [0.2, 0.25) is 0 Å². The van der Waals surface area contributed by atoms with Gasteiger partial charge in [-0.25, -0.2) is 8.78 Å². The van der Waals surface area contributed by atoms with Crippen molar-refractivity contribution in [2.24, 2.45) is 0 Å². The van der Waals surface area contributed by atoms with Crippen LogP contribution in [0.15, 0.2) is 48.7 Å². The number of hydrogen-bond donors (Lipinski definition) is 1. The van der Waals surface area contributed by atoms with Gasteiger partial charge in [-0.2, -0.15) is 0 Å². The fourth-order valence-corrected chi connectivity index (χ4v) is 1.90. The van der Waals surface area contributed by atoms with Gasteiger partial charge in [0.25, 0.3) is 0 Å². The van der Waals surface area contributed by atoms with Gasteiger partial charge < -0.3 is 14.8 Å². The number of anilines is 1. The predicted molar refractivity (Wildman–Crippen MR) is 83.0 cm³/mol. The lowest BCUT2D eigenvalue weighted by Gasteiger charge is -2.08. The summed E-state index contributed by atoms with van der Waals surface area (Å²) in [5, 5.41) is 2.59. The Morgan fingerprint density at radius 2 is 1.78 bits per heavy atom. The summed E-state index contributed by atoms with van der Waals surface area (Å²) < 4.78 is 36.4. The van der Waals surface area contributed by atoms with Crippen molar-refractivity contribution >= 4 is 11.5 Å². The number of rotatable bonds is 6. The number of nitrogens with one attached hydrogen (secondary N) is 1. The van der Waals surface area contributed by atoms with Crippen molar-refractivity contribution in [3.05, 3.63) is 65.9 Å². The van der Waals surface area contributed by atoms with E-state index in [0.717, 1.165) is 12.1 Å². The second kappa shape index (κ2) is 7.40. The lowest BCUT2D eigenvalue weighted by Crippen LogP contribution is -1.99. The molecule has 0 atom stereocenters. The number of carbonyl (C=O) groups is 1. The number of methoxy groups -OCH3 is 2. The van der Waals surface area contributed by atoms with E-state index in [4.69, 9.17) is 9.47 Å². The number of ether oxygens (including phenoxy) is 2. The monoisotopic (exact) mass is 319 g/mol. The van der Waals surface area contributed by atoms with Crippen LogP contribution in [0.25, 0.3) is 0 Å². The predicted octanol–water partition coefficient (Wildman–Crippen LogP) is 3.79. The molecule has 0 saturated carbocycles. The SMILES string of the molecule is COc1ccc(C(=O)C=CNc2ccc(F)cc2F)cc1OC. The summed E-state index contributed by atoms with van der Waals surface area (Å²) in [6.45, 7) is 0. The van der Waals surface area contributed by atoms with E-state index < -0.39 is 11.6 Å². The number of hydrogen-bond acceptors (Lipinski definition) is 4. The van der Waals surface area contributed by atoms with E-state index in [9.17, 15) is 13.6 Å². The Morgan fingerprint density at radius 3 is 2.43 bits per heavy atom. The van der Waals surface area contributed by atoms with Gasteiger partial charge in [-0.3, -0.25) is 4.79 Å². The average Bonchev–Trinajstić information content (AvgIpc) is 2.56. The van der Waals surface area contributed by atoms with Crippen LogP contribution in [0.5, 0.6) is 11.5 Å². The van der Waals surface area contributed by atoms with Gasteiger partial charge in [0.05, 0.1) is 19.9 Å². The van der Waals surface area contributed by atoms with E-state index in [1.54, 1.807) is 18.2 Å². The van der Waals surface area contributed by atoms with Crippen LogP contribution < -0.4 is 14.8 Å². The highest BCUT2D eigenvalue weighted by Crippen LogP contribution is 2.27. The molecule has 6 heteroatoms. The molecule has 0 bridgehead atoms. The minimum atomic E-state index is -0.742. The van der Waals surface area contributed by atoms with Crippen molar-refractivity contribution in [2.75, 3.05) is 19.5 Å². The Balaban J connectivity index is 2.09. The smallest absolute Gasteiger partial charge is 0.187 e. The molecule has 120 valence electrons. The molecular formula is C17H15F2NO3. The van der Waals surface area contributed by atoms with Crippen molar-refractivity contribution in [3.8, 4) is 11.5 Å². The summed E-state index contributed by atoms with van der Waals surface area (Å²) in [7, 11) is 2.97. The van der Waals surface area contributed by atoms with Gasteiger partial charge >= 0.3 is 0 Å². The Bertz CT molecular complexity index is 745. The molecule has 0 heterocycles. The average molecular weight is 319 g/mol. The maximum absolute atomic E-state index is 13.4. The molecule has 23 heavy (non-hydrogen) atoms. The molecule has 0 radical (unpaired) electrons. The van der Waals surface area contributed by atoms with E-state index in [2.05, 4.69) is 5.32 Å². The van der Waals surface area contributed by atoms with Crippen LogP contribution in [-0.2, 0) is 0 Å². The molecule has 0 aromatic heterocycles. The number of benzene rings is 2. The third kappa shape index (κ3) is 4.06. The molecule has 0 saturated heterocycles. The van der Waals surface area contributed by atoms with Crippen molar-refractivity contribution < 1.29 is 23.0 Å². The third-order valence-corrected chi connectivity index (χ3v) is 3.07. The van der Waals surface area contributed by atoms with Crippen LogP contribution in [0.3, 0.4) is 0 Å². The summed E-state index contributed by atoms with van der Waals surface area (Å²) in [5.41, 5.74) is 0.461. The number of carbonyl (C=O) groups excluding carboxylic acids is 1. The van der Waals surface area contributed by atoms with E-state index in [0.29, 0.717) is 17.1 Å². The van der Waals surface area contributed by atoms with Gasteiger partial charge in [-0.1, -0.05) is 0 Å². The normalized spacial score (nSPS) is 10.6. The molecule has 2 rings (SSSR count). The van der Waals surface area contributed by atoms with Crippen LogP contribution in [0.1, 0.15) is 10.4 Å². The first-order valence-corrected chi connectivity index (χ1v) is 6.69. The number of allylic oxidation sites excluding steroid dienone is 1. The Kier molecular flexibility index (Phi) is 5.30. The third-order valence-electron chi connectivity index (χ3n) is 3.07. The molecule has 0 unspecified atom stereocenters. The lowest BCUT2D eigenvalue weighted by atomic mass is 10.1. The van der Waals surface area contributed by atoms with Crippen molar-refractivity contribution in [1.29, 1.82) is 0 Å². The van der Waals surface area contributed by atoms with Crippen LogP contribution in [0.4, 0.5) is 14.5 Å². The number of halogens is 2. The summed E-state index contributed by atoms with van der Waals surface area (Å²) >= 11 is 0. The maximum atomic E-state index is 13.4. The second-order valence-corrected chi connectivity index (χ2v) is 4.54. The summed E-state index contributed by atoms with van der Waals surface area (Å²) in [6, 6.07) is 7.88. The molecule has 4 nitrogen and oxygen atoms in total. The Hall–Kier alpha value is -2.89. The van der Waals surface area contributed by atoms with Gasteiger partial charge in [0.15, 0.2) is 17.3 Å². The molecule has 0 aliphatic heterocycles. The fourth-order valence-electron chi connectivity index (χ4n) is 1.90. The van der Waals surface area contributed by atoms with Crippen LogP contribution in [-0.4, -0.2) is 20.0 Å². The fraction of sp³-hybridized carbons (Fsp3) is 0.118. The molecule has 2 aromatic rings. The number of ketones is 1. The van der Waals surface area contributed by atoms with Crippen molar-refractivity contribution in [3.63, 3.8) is 0 Å². The molecule has 0 aliphatic carbocycles. The van der Waals surface area contributed by atoms with Gasteiger partial charge in [0.1, 0.15) is 11.6 Å². The van der Waals surface area contributed by atoms with Gasteiger partial charge in [-0.05, 0) is 30.3 Å². The Morgan fingerprint density at radius 1 is 1.04 bits per heavy atom. The zero-order valence-corrected chi connectivity index (χ0v) is 12.6. The molecule has 1 N–H and O–H groups in total. The maximum Gasteiger partial charge on any atom is 0.187 e. The minimum absolute atomic E-state index is 0.0720. The standard InChI is InChI=1S/C17H15F2NO3/c1-22-16-6-3-11(9-17(16)23-2)15(21)7-8-20-14-5-4-12(18)10-13(14)19/h3-10,20H,1-2H3. The summed E-state index contributed by atoms with van der Waals surface area (Å²) in [5.74, 6) is -0.767. The van der Waals surface area contributed by atoms with Crippen LogP contribution in [0, 0.1) is 11.6 Å². The first-order chi connectivity index (χ1) is 11.0. The highest BCUT2D eigenvalue weighted by molar-refractivity contribution is 6.05. The second-order valence-electron chi connectivity index (χ2n) is 4.54. The molecule has 2 aromatic carbocycles. The van der Waals surface area contributed by atoms with Crippen LogP contribution in [0.2, 0.25) is 0 Å². The molecular weight excluding hydrogens is 304 g/mol. The molecule has 0 spiro atoms. The van der Waals surface area contributed by atoms with Crippen LogP contribution >= 0.6 is 0 Å². The quantitative estimate of drug-likeness (QED) is 0.650. The molecule has 0 fully saturated rings. The van der Waals surface area contributed by atoms with Gasteiger partial charge in [0, 0.05) is 23.9 Å².